The average Bonchev–Trinajstić information content (AvgIpc) is 2.35. The van der Waals surface area contributed by atoms with Crippen LogP contribution in [0.2, 0.25) is 0 Å². The van der Waals surface area contributed by atoms with Crippen molar-refractivity contribution in [3.63, 3.8) is 0 Å². The highest BCUT2D eigenvalue weighted by Crippen LogP contribution is 2.26. The molecule has 124 valence electrons. The molecule has 0 radical (unpaired) electrons. The van der Waals surface area contributed by atoms with Gasteiger partial charge in [0.2, 0.25) is 15.9 Å². The zero-order valence-corrected chi connectivity index (χ0v) is 15.0. The molecule has 1 amide bonds. The number of aryl methyl sites for hydroxylation is 2. The van der Waals surface area contributed by atoms with E-state index in [-0.39, 0.29) is 24.4 Å². The minimum Gasteiger partial charge on any atom is -0.352 e. The van der Waals surface area contributed by atoms with Crippen LogP contribution in [-0.2, 0) is 14.8 Å². The van der Waals surface area contributed by atoms with E-state index in [0.717, 1.165) is 17.4 Å². The Labute approximate surface area is 133 Å². The van der Waals surface area contributed by atoms with Crippen molar-refractivity contribution in [2.75, 3.05) is 17.1 Å². The molecule has 5 nitrogen and oxygen atoms in total. The molecule has 0 aromatic heterocycles. The van der Waals surface area contributed by atoms with Gasteiger partial charge in [-0.3, -0.25) is 9.10 Å². The summed E-state index contributed by atoms with van der Waals surface area (Å²) in [4.78, 5) is 12.2. The Morgan fingerprint density at radius 2 is 1.68 bits per heavy atom. The lowest BCUT2D eigenvalue weighted by Crippen LogP contribution is -2.45. The first-order chi connectivity index (χ1) is 10.0. The highest BCUT2D eigenvalue weighted by molar-refractivity contribution is 7.92. The maximum absolute atomic E-state index is 12.2. The minimum absolute atomic E-state index is 0.00752. The van der Waals surface area contributed by atoms with Crippen molar-refractivity contribution in [2.24, 2.45) is 5.92 Å². The van der Waals surface area contributed by atoms with Gasteiger partial charge in [0.05, 0.1) is 11.9 Å². The van der Waals surface area contributed by atoms with E-state index >= 15 is 0 Å². The van der Waals surface area contributed by atoms with E-state index < -0.39 is 10.0 Å². The Bertz CT molecular complexity index is 619. The molecule has 0 unspecified atom stereocenters. The third-order valence-electron chi connectivity index (χ3n) is 3.77. The summed E-state index contributed by atoms with van der Waals surface area (Å²) in [5.41, 5.74) is 2.24. The van der Waals surface area contributed by atoms with E-state index in [0.29, 0.717) is 5.69 Å². The minimum atomic E-state index is -3.54. The normalized spacial score (nSPS) is 13.0. The quantitative estimate of drug-likeness (QED) is 0.872. The van der Waals surface area contributed by atoms with Crippen molar-refractivity contribution >= 4 is 21.6 Å². The largest absolute Gasteiger partial charge is 0.352 e. The monoisotopic (exact) mass is 326 g/mol. The van der Waals surface area contributed by atoms with Crippen molar-refractivity contribution in [1.29, 1.82) is 0 Å². The summed E-state index contributed by atoms with van der Waals surface area (Å²) in [6.45, 7) is 9.40. The summed E-state index contributed by atoms with van der Waals surface area (Å²) in [7, 11) is -3.54. The molecule has 0 aliphatic carbocycles. The number of hydrogen-bond acceptors (Lipinski definition) is 3. The first-order valence-electron chi connectivity index (χ1n) is 7.37. The van der Waals surface area contributed by atoms with Gasteiger partial charge in [-0.05, 0) is 37.8 Å². The topological polar surface area (TPSA) is 66.5 Å². The van der Waals surface area contributed by atoms with Crippen LogP contribution >= 0.6 is 0 Å². The standard InChI is InChI=1S/C16H26N2O3S/c1-11(2)14(5)17-15(19)10-18(22(6,20)21)16-12(3)8-7-9-13(16)4/h7-9,11,14H,10H2,1-6H3,(H,17,19)/t14-/m1/s1. The molecule has 0 heterocycles. The first kappa shape index (κ1) is 18.5. The molecule has 6 heteroatoms. The molecule has 22 heavy (non-hydrogen) atoms. The summed E-state index contributed by atoms with van der Waals surface area (Å²) < 4.78 is 25.5. The van der Waals surface area contributed by atoms with E-state index in [1.807, 2.05) is 52.8 Å². The molecule has 1 aromatic carbocycles. The van der Waals surface area contributed by atoms with E-state index in [1.54, 1.807) is 0 Å². The molecule has 1 N–H and O–H groups in total. The number of rotatable bonds is 6. The maximum Gasteiger partial charge on any atom is 0.240 e. The average molecular weight is 326 g/mol. The number of nitrogens with zero attached hydrogens (tertiary/aromatic N) is 1. The second-order valence-electron chi connectivity index (χ2n) is 6.11. The number of benzene rings is 1. The Kier molecular flexibility index (Phi) is 6.00. The Morgan fingerprint density at radius 3 is 2.09 bits per heavy atom. The van der Waals surface area contributed by atoms with Crippen LogP contribution in [0.15, 0.2) is 18.2 Å². The van der Waals surface area contributed by atoms with Crippen LogP contribution in [0.3, 0.4) is 0 Å². The fraction of sp³-hybridized carbons (Fsp3) is 0.562. The fourth-order valence-electron chi connectivity index (χ4n) is 2.16. The second kappa shape index (κ2) is 7.13. The third kappa shape index (κ3) is 4.73. The van der Waals surface area contributed by atoms with Crippen molar-refractivity contribution in [3.05, 3.63) is 29.3 Å². The van der Waals surface area contributed by atoms with Crippen molar-refractivity contribution < 1.29 is 13.2 Å². The van der Waals surface area contributed by atoms with Crippen LogP contribution in [-0.4, -0.2) is 33.2 Å². The van der Waals surface area contributed by atoms with Crippen molar-refractivity contribution in [1.82, 2.24) is 5.32 Å². The summed E-state index contributed by atoms with van der Waals surface area (Å²) in [6, 6.07) is 5.55. The number of nitrogens with one attached hydrogen (secondary N) is 1. The van der Waals surface area contributed by atoms with Crippen molar-refractivity contribution in [3.8, 4) is 0 Å². The van der Waals surface area contributed by atoms with Gasteiger partial charge < -0.3 is 5.32 Å². The predicted octanol–water partition coefficient (Wildman–Crippen LogP) is 2.23. The third-order valence-corrected chi connectivity index (χ3v) is 4.88. The lowest BCUT2D eigenvalue weighted by molar-refractivity contribution is -0.120. The Balaban J connectivity index is 3.09. The molecule has 0 saturated heterocycles. The maximum atomic E-state index is 12.2. The van der Waals surface area contributed by atoms with Gasteiger partial charge in [0.25, 0.3) is 0 Å². The molecule has 1 atom stereocenters. The fourth-order valence-corrected chi connectivity index (χ4v) is 3.13. The van der Waals surface area contributed by atoms with Crippen LogP contribution in [0.1, 0.15) is 31.9 Å². The van der Waals surface area contributed by atoms with Crippen LogP contribution < -0.4 is 9.62 Å². The zero-order valence-electron chi connectivity index (χ0n) is 14.2. The van der Waals surface area contributed by atoms with Gasteiger partial charge in [-0.25, -0.2) is 8.42 Å². The number of sulfonamides is 1. The van der Waals surface area contributed by atoms with Gasteiger partial charge in [0, 0.05) is 6.04 Å². The lowest BCUT2D eigenvalue weighted by atomic mass is 10.1. The highest BCUT2D eigenvalue weighted by atomic mass is 32.2. The summed E-state index contributed by atoms with van der Waals surface area (Å²) in [5.74, 6) is -0.00916. The van der Waals surface area contributed by atoms with Gasteiger partial charge in [-0.2, -0.15) is 0 Å². The molecule has 0 saturated carbocycles. The van der Waals surface area contributed by atoms with Gasteiger partial charge in [-0.15, -0.1) is 0 Å². The van der Waals surface area contributed by atoms with E-state index in [9.17, 15) is 13.2 Å². The molecule has 0 spiro atoms. The van der Waals surface area contributed by atoms with Crippen LogP contribution in [0.4, 0.5) is 5.69 Å². The van der Waals surface area contributed by atoms with Gasteiger partial charge in [-0.1, -0.05) is 32.0 Å². The Morgan fingerprint density at radius 1 is 1.18 bits per heavy atom. The number of carbonyl (C=O) groups excluding carboxylic acids is 1. The molecule has 0 aliphatic heterocycles. The van der Waals surface area contributed by atoms with E-state index in [2.05, 4.69) is 5.32 Å². The van der Waals surface area contributed by atoms with Crippen LogP contribution in [0, 0.1) is 19.8 Å². The van der Waals surface area contributed by atoms with E-state index in [1.165, 1.54) is 4.31 Å². The van der Waals surface area contributed by atoms with E-state index in [4.69, 9.17) is 0 Å². The second-order valence-corrected chi connectivity index (χ2v) is 8.02. The molecular weight excluding hydrogens is 300 g/mol. The highest BCUT2D eigenvalue weighted by Gasteiger charge is 2.24. The smallest absolute Gasteiger partial charge is 0.240 e. The summed E-state index contributed by atoms with van der Waals surface area (Å²) in [6.07, 6.45) is 1.12. The SMILES string of the molecule is Cc1cccc(C)c1N(CC(=O)N[C@H](C)C(C)C)S(C)(=O)=O. The number of para-hydroxylation sites is 1. The molecule has 0 fully saturated rings. The molecular formula is C16H26N2O3S. The van der Waals surface area contributed by atoms with Crippen molar-refractivity contribution in [2.45, 2.75) is 40.7 Å². The molecule has 1 aromatic rings. The number of amides is 1. The molecule has 0 bridgehead atoms. The zero-order chi connectivity index (χ0) is 17.1. The number of anilines is 1. The van der Waals surface area contributed by atoms with Gasteiger partial charge in [0.15, 0.2) is 0 Å². The Hall–Kier alpha value is -1.56. The summed E-state index contributed by atoms with van der Waals surface area (Å²) in [5, 5.41) is 2.85. The molecule has 1 rings (SSSR count). The predicted molar refractivity (Wildman–Crippen MR) is 90.5 cm³/mol. The van der Waals surface area contributed by atoms with Gasteiger partial charge >= 0.3 is 0 Å². The van der Waals surface area contributed by atoms with Crippen LogP contribution in [0.25, 0.3) is 0 Å². The van der Waals surface area contributed by atoms with Crippen LogP contribution in [0.5, 0.6) is 0 Å². The summed E-state index contributed by atoms with van der Waals surface area (Å²) >= 11 is 0. The number of hydrogen-bond donors (Lipinski definition) is 1. The van der Waals surface area contributed by atoms with Gasteiger partial charge in [0.1, 0.15) is 6.54 Å². The number of carbonyl (C=O) groups is 1. The first-order valence-corrected chi connectivity index (χ1v) is 9.22. The molecule has 0 aliphatic rings. The lowest BCUT2D eigenvalue weighted by Gasteiger charge is -2.26.